The van der Waals surface area contributed by atoms with E-state index in [-0.39, 0.29) is 5.41 Å². The Morgan fingerprint density at radius 1 is 0.660 bits per heavy atom. The summed E-state index contributed by atoms with van der Waals surface area (Å²) in [5, 5.41) is 1.17. The van der Waals surface area contributed by atoms with Gasteiger partial charge >= 0.3 is 0 Å². The van der Waals surface area contributed by atoms with Gasteiger partial charge in [-0.3, -0.25) is 4.98 Å². The van der Waals surface area contributed by atoms with E-state index in [0.717, 1.165) is 40.0 Å². The van der Waals surface area contributed by atoms with Crippen LogP contribution in [0.4, 0.5) is 0 Å². The average molecular weight is 611 g/mol. The van der Waals surface area contributed by atoms with Crippen LogP contribution in [0.2, 0.25) is 0 Å². The summed E-state index contributed by atoms with van der Waals surface area (Å²) in [4.78, 5) is 19.2. The summed E-state index contributed by atoms with van der Waals surface area (Å²) < 4.78 is 6.26. The summed E-state index contributed by atoms with van der Waals surface area (Å²) in [6, 6.07) is 35.7. The number of furan rings is 1. The maximum absolute atomic E-state index is 6.26. The monoisotopic (exact) mass is 610 g/mol. The lowest BCUT2D eigenvalue weighted by Gasteiger charge is -2.22. The highest BCUT2D eigenvalue weighted by Crippen LogP contribution is 2.51. The Kier molecular flexibility index (Phi) is 6.91. The Labute approximate surface area is 274 Å². The number of hydrogen-bond acceptors (Lipinski definition) is 5. The number of benzene rings is 4. The van der Waals surface area contributed by atoms with E-state index in [1.807, 2.05) is 48.5 Å². The summed E-state index contributed by atoms with van der Waals surface area (Å²) in [5.41, 5.74) is 11.9. The molecule has 4 aromatic carbocycles. The van der Waals surface area contributed by atoms with Crippen molar-refractivity contribution in [2.45, 2.75) is 39.5 Å². The summed E-state index contributed by atoms with van der Waals surface area (Å²) >= 11 is 0. The van der Waals surface area contributed by atoms with Crippen LogP contribution < -0.4 is 0 Å². The van der Waals surface area contributed by atoms with Crippen molar-refractivity contribution in [1.82, 2.24) is 19.9 Å². The number of nitrogens with zero attached hydrogens (tertiary/aromatic N) is 4. The minimum Gasteiger partial charge on any atom is -0.461 e. The molecule has 0 atom stereocenters. The second kappa shape index (κ2) is 11.3. The third-order valence-electron chi connectivity index (χ3n) is 9.24. The Hall–Kier alpha value is -5.68. The molecule has 3 heterocycles. The molecule has 0 fully saturated rings. The molecule has 0 unspecified atom stereocenters. The Bertz CT molecular complexity index is 2260. The standard InChI is InChI=1S/C42H34N4O/c1-5-6-17-31-26(2)47-38-25-36-33(24-34(31)38)32-20-19-29(23-35(32)42(36,3)4)28-15-12-16-30(22-28)40-44-39(27-13-8-7-9-14-27)45-41(46-40)37-18-10-11-21-43-37/h6-25H,5H2,1-4H3/b17-6-. The first kappa shape index (κ1) is 28.8. The van der Waals surface area contributed by atoms with Gasteiger partial charge in [0.05, 0.1) is 0 Å². The number of aryl methyl sites for hydroxylation is 1. The molecular formula is C42H34N4O. The van der Waals surface area contributed by atoms with Crippen LogP contribution >= 0.6 is 0 Å². The molecule has 0 saturated heterocycles. The summed E-state index contributed by atoms with van der Waals surface area (Å²) in [6.45, 7) is 8.83. The summed E-state index contributed by atoms with van der Waals surface area (Å²) in [6.07, 6.45) is 7.14. The van der Waals surface area contributed by atoms with Crippen molar-refractivity contribution in [2.75, 3.05) is 0 Å². The lowest BCUT2D eigenvalue weighted by Crippen LogP contribution is -2.15. The zero-order valence-corrected chi connectivity index (χ0v) is 27.0. The van der Waals surface area contributed by atoms with Gasteiger partial charge in [-0.05, 0) is 83.1 Å². The molecule has 47 heavy (non-hydrogen) atoms. The molecule has 0 bridgehead atoms. The average Bonchev–Trinajstić information content (AvgIpc) is 3.54. The molecule has 0 N–H and O–H groups in total. The van der Waals surface area contributed by atoms with Crippen molar-refractivity contribution in [3.05, 3.63) is 138 Å². The van der Waals surface area contributed by atoms with E-state index in [2.05, 4.69) is 99.4 Å². The molecule has 0 amide bonds. The molecule has 1 aliphatic carbocycles. The maximum Gasteiger partial charge on any atom is 0.182 e. The number of allylic oxidation sites excluding steroid dienone is 1. The van der Waals surface area contributed by atoms with Gasteiger partial charge in [0, 0.05) is 33.7 Å². The van der Waals surface area contributed by atoms with Crippen molar-refractivity contribution < 1.29 is 4.42 Å². The molecule has 3 aromatic heterocycles. The van der Waals surface area contributed by atoms with Crippen LogP contribution in [0.5, 0.6) is 0 Å². The predicted octanol–water partition coefficient (Wildman–Crippen LogP) is 10.7. The molecule has 0 radical (unpaired) electrons. The van der Waals surface area contributed by atoms with Gasteiger partial charge in [0.15, 0.2) is 17.5 Å². The van der Waals surface area contributed by atoms with E-state index < -0.39 is 0 Å². The first-order valence-electron chi connectivity index (χ1n) is 16.1. The largest absolute Gasteiger partial charge is 0.461 e. The lowest BCUT2D eigenvalue weighted by atomic mass is 9.81. The third kappa shape index (κ3) is 4.95. The van der Waals surface area contributed by atoms with Crippen LogP contribution in [-0.4, -0.2) is 19.9 Å². The van der Waals surface area contributed by atoms with Gasteiger partial charge in [-0.2, -0.15) is 0 Å². The Morgan fingerprint density at radius 3 is 2.15 bits per heavy atom. The SMILES string of the molecule is CC/C=C\c1c(C)oc2cc3c(cc12)-c1ccc(-c2cccc(-c4nc(-c5ccccc5)nc(-c5ccccn5)n4)c2)cc1C3(C)C. The van der Waals surface area contributed by atoms with Crippen LogP contribution in [0.3, 0.4) is 0 Å². The fourth-order valence-electron chi connectivity index (χ4n) is 6.76. The number of hydrogen-bond donors (Lipinski definition) is 0. The predicted molar refractivity (Wildman–Crippen MR) is 191 cm³/mol. The summed E-state index contributed by atoms with van der Waals surface area (Å²) in [7, 11) is 0. The molecule has 0 aliphatic heterocycles. The van der Waals surface area contributed by atoms with Crippen LogP contribution in [0.1, 0.15) is 49.6 Å². The van der Waals surface area contributed by atoms with Crippen molar-refractivity contribution in [3.8, 4) is 56.5 Å². The molecule has 7 aromatic rings. The van der Waals surface area contributed by atoms with E-state index in [0.29, 0.717) is 23.2 Å². The number of rotatable bonds is 6. The Morgan fingerprint density at radius 2 is 1.36 bits per heavy atom. The molecule has 0 spiro atoms. The molecule has 1 aliphatic rings. The number of aromatic nitrogens is 4. The quantitative estimate of drug-likeness (QED) is 0.187. The van der Waals surface area contributed by atoms with Gasteiger partial charge in [-0.15, -0.1) is 0 Å². The van der Waals surface area contributed by atoms with Gasteiger partial charge in [0.1, 0.15) is 17.0 Å². The van der Waals surface area contributed by atoms with Crippen molar-refractivity contribution in [1.29, 1.82) is 0 Å². The van der Waals surface area contributed by atoms with Crippen molar-refractivity contribution in [2.24, 2.45) is 0 Å². The fourth-order valence-corrected chi connectivity index (χ4v) is 6.76. The van der Waals surface area contributed by atoms with Crippen LogP contribution in [0.25, 0.3) is 73.6 Å². The second-order valence-electron chi connectivity index (χ2n) is 12.6. The molecule has 8 rings (SSSR count). The van der Waals surface area contributed by atoms with E-state index >= 15 is 0 Å². The van der Waals surface area contributed by atoms with Gasteiger partial charge < -0.3 is 4.42 Å². The maximum atomic E-state index is 6.26. The van der Waals surface area contributed by atoms with Gasteiger partial charge in [-0.25, -0.2) is 15.0 Å². The van der Waals surface area contributed by atoms with Crippen LogP contribution in [0, 0.1) is 6.92 Å². The normalized spacial score (nSPS) is 13.3. The van der Waals surface area contributed by atoms with Gasteiger partial charge in [0.2, 0.25) is 0 Å². The van der Waals surface area contributed by atoms with Crippen molar-refractivity contribution in [3.63, 3.8) is 0 Å². The molecule has 0 saturated carbocycles. The first-order valence-corrected chi connectivity index (χ1v) is 16.1. The van der Waals surface area contributed by atoms with E-state index in [1.165, 1.54) is 33.2 Å². The fraction of sp³-hybridized carbons (Fsp3) is 0.143. The zero-order chi connectivity index (χ0) is 32.1. The second-order valence-corrected chi connectivity index (χ2v) is 12.6. The van der Waals surface area contributed by atoms with E-state index in [9.17, 15) is 0 Å². The highest BCUT2D eigenvalue weighted by molar-refractivity contribution is 5.96. The molecular weight excluding hydrogens is 576 g/mol. The highest BCUT2D eigenvalue weighted by atomic mass is 16.3. The molecule has 228 valence electrons. The van der Waals surface area contributed by atoms with Crippen molar-refractivity contribution >= 4 is 17.0 Å². The van der Waals surface area contributed by atoms with E-state index in [4.69, 9.17) is 19.4 Å². The third-order valence-corrected chi connectivity index (χ3v) is 9.24. The lowest BCUT2D eigenvalue weighted by molar-refractivity contribution is 0.575. The minimum absolute atomic E-state index is 0.178. The van der Waals surface area contributed by atoms with Crippen LogP contribution in [-0.2, 0) is 5.41 Å². The van der Waals surface area contributed by atoms with Crippen LogP contribution in [0.15, 0.2) is 120 Å². The highest BCUT2D eigenvalue weighted by Gasteiger charge is 2.36. The minimum atomic E-state index is -0.178. The smallest absolute Gasteiger partial charge is 0.182 e. The summed E-state index contributed by atoms with van der Waals surface area (Å²) in [5.74, 6) is 2.74. The number of pyridine rings is 1. The topological polar surface area (TPSA) is 64.7 Å². The first-order chi connectivity index (χ1) is 22.9. The molecule has 5 nitrogen and oxygen atoms in total. The zero-order valence-electron chi connectivity index (χ0n) is 27.0. The number of fused-ring (bicyclic) bond motifs is 4. The van der Waals surface area contributed by atoms with Gasteiger partial charge in [0.25, 0.3) is 0 Å². The molecule has 5 heteroatoms. The Balaban J connectivity index is 1.22. The van der Waals surface area contributed by atoms with Gasteiger partial charge in [-0.1, -0.05) is 99.7 Å². The van der Waals surface area contributed by atoms with E-state index in [1.54, 1.807) is 6.20 Å².